The van der Waals surface area contributed by atoms with Gasteiger partial charge >= 0.3 is 0 Å². The van der Waals surface area contributed by atoms with Crippen molar-refractivity contribution in [2.75, 3.05) is 13.1 Å². The van der Waals surface area contributed by atoms with Crippen molar-refractivity contribution < 1.29 is 0 Å². The Morgan fingerprint density at radius 3 is 2.53 bits per heavy atom. The van der Waals surface area contributed by atoms with Gasteiger partial charge in [-0.1, -0.05) is 40.0 Å². The van der Waals surface area contributed by atoms with E-state index in [1.807, 2.05) is 0 Å². The predicted octanol–water partition coefficient (Wildman–Crippen LogP) is 3.40. The lowest BCUT2D eigenvalue weighted by atomic mass is 9.73. The molecule has 0 aliphatic heterocycles. The highest BCUT2D eigenvalue weighted by molar-refractivity contribution is 4.97. The summed E-state index contributed by atoms with van der Waals surface area (Å²) in [7, 11) is 0. The molecule has 3 atom stereocenters. The Bertz CT molecular complexity index is 217. The highest BCUT2D eigenvalue weighted by Crippen LogP contribution is 2.38. The summed E-state index contributed by atoms with van der Waals surface area (Å²) in [4.78, 5) is 2.69. The fourth-order valence-corrected chi connectivity index (χ4v) is 3.71. The van der Waals surface area contributed by atoms with E-state index in [0.717, 1.165) is 19.0 Å². The molecule has 1 rings (SSSR count). The molecule has 17 heavy (non-hydrogen) atoms. The average molecular weight is 240 g/mol. The zero-order chi connectivity index (χ0) is 12.9. The molecule has 0 saturated heterocycles. The van der Waals surface area contributed by atoms with Crippen LogP contribution in [0.15, 0.2) is 0 Å². The molecule has 102 valence electrons. The lowest BCUT2D eigenvalue weighted by molar-refractivity contribution is 0.00918. The summed E-state index contributed by atoms with van der Waals surface area (Å²) < 4.78 is 0. The smallest absolute Gasteiger partial charge is 0.0337 e. The van der Waals surface area contributed by atoms with Crippen LogP contribution in [-0.2, 0) is 0 Å². The first-order valence-electron chi connectivity index (χ1n) is 7.60. The highest BCUT2D eigenvalue weighted by Gasteiger charge is 2.40. The number of nitrogens with two attached hydrogens (primary N) is 1. The van der Waals surface area contributed by atoms with Crippen LogP contribution in [0.4, 0.5) is 0 Å². The number of rotatable bonds is 6. The minimum atomic E-state index is 0.295. The minimum Gasteiger partial charge on any atom is -0.329 e. The van der Waals surface area contributed by atoms with Gasteiger partial charge in [-0.3, -0.25) is 4.90 Å². The number of likely N-dealkylation sites (N-methyl/N-ethyl adjacent to an activating group) is 1. The number of hydrogen-bond donors (Lipinski definition) is 1. The Labute approximate surface area is 108 Å². The molecule has 1 aliphatic carbocycles. The van der Waals surface area contributed by atoms with Crippen molar-refractivity contribution in [3.05, 3.63) is 0 Å². The minimum absolute atomic E-state index is 0.295. The van der Waals surface area contributed by atoms with Crippen molar-refractivity contribution in [2.45, 2.75) is 77.8 Å². The molecule has 0 bridgehead atoms. The molecule has 3 unspecified atom stereocenters. The molecule has 0 amide bonds. The van der Waals surface area contributed by atoms with Gasteiger partial charge in [-0.15, -0.1) is 0 Å². The van der Waals surface area contributed by atoms with Gasteiger partial charge in [0.2, 0.25) is 0 Å². The summed E-state index contributed by atoms with van der Waals surface area (Å²) in [6, 6.07) is 0.666. The Kier molecular flexibility index (Phi) is 5.94. The molecule has 0 radical (unpaired) electrons. The van der Waals surface area contributed by atoms with Gasteiger partial charge in [0.25, 0.3) is 0 Å². The Hall–Kier alpha value is -0.0800. The van der Waals surface area contributed by atoms with Crippen molar-refractivity contribution in [3.8, 4) is 0 Å². The first kappa shape index (κ1) is 15.0. The van der Waals surface area contributed by atoms with Crippen LogP contribution in [0.3, 0.4) is 0 Å². The second kappa shape index (κ2) is 6.75. The lowest BCUT2D eigenvalue weighted by Gasteiger charge is -2.50. The third kappa shape index (κ3) is 3.23. The van der Waals surface area contributed by atoms with E-state index in [9.17, 15) is 0 Å². The van der Waals surface area contributed by atoms with Gasteiger partial charge in [0, 0.05) is 18.1 Å². The van der Waals surface area contributed by atoms with E-state index in [-0.39, 0.29) is 0 Å². The second-order valence-electron chi connectivity index (χ2n) is 5.84. The Balaban J connectivity index is 2.84. The first-order valence-corrected chi connectivity index (χ1v) is 7.60. The molecule has 1 fully saturated rings. The van der Waals surface area contributed by atoms with Crippen LogP contribution in [0.25, 0.3) is 0 Å². The normalized spacial score (nSPS) is 31.8. The molecule has 0 aromatic carbocycles. The first-order chi connectivity index (χ1) is 8.13. The molecule has 1 saturated carbocycles. The molecule has 0 aromatic rings. The van der Waals surface area contributed by atoms with E-state index in [1.54, 1.807) is 0 Å². The van der Waals surface area contributed by atoms with E-state index in [0.29, 0.717) is 11.6 Å². The summed E-state index contributed by atoms with van der Waals surface area (Å²) in [5.74, 6) is 0.894. The predicted molar refractivity (Wildman–Crippen MR) is 76.2 cm³/mol. The van der Waals surface area contributed by atoms with Crippen molar-refractivity contribution >= 4 is 0 Å². The van der Waals surface area contributed by atoms with Crippen molar-refractivity contribution in [1.29, 1.82) is 0 Å². The summed E-state index contributed by atoms with van der Waals surface area (Å²) in [6.45, 7) is 11.2. The van der Waals surface area contributed by atoms with Crippen LogP contribution in [0.1, 0.15) is 66.2 Å². The van der Waals surface area contributed by atoms with Gasteiger partial charge in [0.05, 0.1) is 0 Å². The van der Waals surface area contributed by atoms with Crippen molar-refractivity contribution in [2.24, 2.45) is 11.7 Å². The van der Waals surface area contributed by atoms with Crippen LogP contribution >= 0.6 is 0 Å². The van der Waals surface area contributed by atoms with Crippen LogP contribution in [0, 0.1) is 5.92 Å². The molecule has 2 heteroatoms. The van der Waals surface area contributed by atoms with E-state index in [4.69, 9.17) is 5.73 Å². The van der Waals surface area contributed by atoms with Gasteiger partial charge in [-0.25, -0.2) is 0 Å². The van der Waals surface area contributed by atoms with Gasteiger partial charge in [0.1, 0.15) is 0 Å². The van der Waals surface area contributed by atoms with E-state index < -0.39 is 0 Å². The van der Waals surface area contributed by atoms with E-state index in [2.05, 4.69) is 32.6 Å². The van der Waals surface area contributed by atoms with E-state index >= 15 is 0 Å². The standard InChI is InChI=1S/C15H32N2/c1-5-13(4)17(7-3)15(12-16)10-8-9-14(6-2)11-15/h13-14H,5-12,16H2,1-4H3. The maximum atomic E-state index is 6.18. The topological polar surface area (TPSA) is 29.3 Å². The van der Waals surface area contributed by atoms with Crippen molar-refractivity contribution in [3.63, 3.8) is 0 Å². The summed E-state index contributed by atoms with van der Waals surface area (Å²) in [5.41, 5.74) is 6.48. The molecule has 2 nitrogen and oxygen atoms in total. The van der Waals surface area contributed by atoms with Gasteiger partial charge in [-0.05, 0) is 38.6 Å². The zero-order valence-electron chi connectivity index (χ0n) is 12.3. The van der Waals surface area contributed by atoms with Gasteiger partial charge in [0.15, 0.2) is 0 Å². The largest absolute Gasteiger partial charge is 0.329 e. The van der Waals surface area contributed by atoms with Crippen LogP contribution in [0.2, 0.25) is 0 Å². The van der Waals surface area contributed by atoms with Crippen molar-refractivity contribution in [1.82, 2.24) is 4.90 Å². The quantitative estimate of drug-likeness (QED) is 0.771. The molecule has 2 N–H and O–H groups in total. The fourth-order valence-electron chi connectivity index (χ4n) is 3.71. The molecule has 0 spiro atoms. The maximum absolute atomic E-state index is 6.18. The Morgan fingerprint density at radius 2 is 2.06 bits per heavy atom. The molecule has 0 heterocycles. The lowest BCUT2D eigenvalue weighted by Crippen LogP contribution is -2.59. The highest BCUT2D eigenvalue weighted by atomic mass is 15.2. The number of nitrogens with zero attached hydrogens (tertiary/aromatic N) is 1. The zero-order valence-corrected chi connectivity index (χ0v) is 12.3. The van der Waals surface area contributed by atoms with E-state index in [1.165, 1.54) is 38.5 Å². The third-order valence-electron chi connectivity index (χ3n) is 4.95. The number of hydrogen-bond acceptors (Lipinski definition) is 2. The van der Waals surface area contributed by atoms with Gasteiger partial charge < -0.3 is 5.73 Å². The molecular formula is C15H32N2. The second-order valence-corrected chi connectivity index (χ2v) is 5.84. The third-order valence-corrected chi connectivity index (χ3v) is 4.95. The average Bonchev–Trinajstić information content (AvgIpc) is 2.39. The monoisotopic (exact) mass is 240 g/mol. The van der Waals surface area contributed by atoms with Crippen LogP contribution < -0.4 is 5.73 Å². The summed E-state index contributed by atoms with van der Waals surface area (Å²) in [5, 5.41) is 0. The van der Waals surface area contributed by atoms with Crippen LogP contribution in [0.5, 0.6) is 0 Å². The Morgan fingerprint density at radius 1 is 1.35 bits per heavy atom. The molecule has 0 aromatic heterocycles. The molecular weight excluding hydrogens is 208 g/mol. The fraction of sp³-hybridized carbons (Fsp3) is 1.00. The maximum Gasteiger partial charge on any atom is 0.0337 e. The van der Waals surface area contributed by atoms with Crippen LogP contribution in [-0.4, -0.2) is 29.6 Å². The van der Waals surface area contributed by atoms with Gasteiger partial charge in [-0.2, -0.15) is 0 Å². The summed E-state index contributed by atoms with van der Waals surface area (Å²) in [6.07, 6.45) is 7.95. The molecule has 1 aliphatic rings. The summed E-state index contributed by atoms with van der Waals surface area (Å²) >= 11 is 0. The SMILES string of the molecule is CCC1CCCC(CN)(N(CC)C(C)CC)C1.